The third kappa shape index (κ3) is 2.22. The summed E-state index contributed by atoms with van der Waals surface area (Å²) in [4.78, 5) is 25.9. The highest BCUT2D eigenvalue weighted by Crippen LogP contribution is 2.25. The number of aliphatic carboxylic acids is 1. The van der Waals surface area contributed by atoms with Gasteiger partial charge in [0.1, 0.15) is 18.2 Å². The smallest absolute Gasteiger partial charge is 0.326 e. The summed E-state index contributed by atoms with van der Waals surface area (Å²) in [5.41, 5.74) is 0.801. The molecule has 0 bridgehead atoms. The van der Waals surface area contributed by atoms with Crippen LogP contribution in [0.2, 0.25) is 0 Å². The normalized spacial score (nSPS) is 18.4. The minimum atomic E-state index is -0.803. The summed E-state index contributed by atoms with van der Waals surface area (Å²) in [6.07, 6.45) is 6.55. The summed E-state index contributed by atoms with van der Waals surface area (Å²) in [5, 5.41) is 9.27. The molecule has 3 heterocycles. The largest absolute Gasteiger partial charge is 0.480 e. The number of carboxylic acid groups (broad SMARTS) is 1. The number of nitrogens with zero attached hydrogens (tertiary/aromatic N) is 5. The highest BCUT2D eigenvalue weighted by atomic mass is 16.4. The summed E-state index contributed by atoms with van der Waals surface area (Å²) >= 11 is 0. The Bertz CT molecular complexity index is 626. The Morgan fingerprint density at radius 2 is 2.30 bits per heavy atom. The Balaban J connectivity index is 2.00. The SMILES string of the molecule is Cc1cc(N2CCC[C@@H]2C(=O)O)nc(-n2ccnc2)n1. The molecule has 1 N–H and O–H groups in total. The van der Waals surface area contributed by atoms with Crippen LogP contribution in [0, 0.1) is 6.92 Å². The lowest BCUT2D eigenvalue weighted by Gasteiger charge is -2.23. The topological polar surface area (TPSA) is 84.1 Å². The number of imidazole rings is 1. The molecule has 0 radical (unpaired) electrons. The monoisotopic (exact) mass is 273 g/mol. The van der Waals surface area contributed by atoms with Gasteiger partial charge in [-0.05, 0) is 19.8 Å². The van der Waals surface area contributed by atoms with Gasteiger partial charge in [-0.25, -0.2) is 14.8 Å². The first kappa shape index (κ1) is 12.6. The van der Waals surface area contributed by atoms with Gasteiger partial charge in [-0.1, -0.05) is 0 Å². The van der Waals surface area contributed by atoms with Crippen molar-refractivity contribution in [1.29, 1.82) is 0 Å². The lowest BCUT2D eigenvalue weighted by atomic mass is 10.2. The second kappa shape index (κ2) is 4.92. The molecule has 3 rings (SSSR count). The Hall–Kier alpha value is -2.44. The lowest BCUT2D eigenvalue weighted by molar-refractivity contribution is -0.138. The molecule has 1 fully saturated rings. The molecule has 104 valence electrons. The predicted octanol–water partition coefficient (Wildman–Crippen LogP) is 1.02. The van der Waals surface area contributed by atoms with Crippen LogP contribution in [-0.2, 0) is 4.79 Å². The van der Waals surface area contributed by atoms with Gasteiger partial charge >= 0.3 is 5.97 Å². The summed E-state index contributed by atoms with van der Waals surface area (Å²) < 4.78 is 1.71. The third-order valence-electron chi connectivity index (χ3n) is 3.40. The highest BCUT2D eigenvalue weighted by Gasteiger charge is 2.31. The Labute approximate surface area is 115 Å². The van der Waals surface area contributed by atoms with Crippen molar-refractivity contribution in [3.8, 4) is 5.95 Å². The number of aryl methyl sites for hydroxylation is 1. The maximum absolute atomic E-state index is 11.3. The molecule has 20 heavy (non-hydrogen) atoms. The molecule has 1 atom stereocenters. The molecule has 2 aromatic heterocycles. The fraction of sp³-hybridized carbons (Fsp3) is 0.385. The highest BCUT2D eigenvalue weighted by molar-refractivity contribution is 5.78. The maximum atomic E-state index is 11.3. The van der Waals surface area contributed by atoms with Gasteiger partial charge in [0, 0.05) is 30.7 Å². The lowest BCUT2D eigenvalue weighted by Crippen LogP contribution is -2.36. The zero-order valence-electron chi connectivity index (χ0n) is 11.1. The van der Waals surface area contributed by atoms with Crippen molar-refractivity contribution in [2.24, 2.45) is 0 Å². The molecule has 0 aromatic carbocycles. The van der Waals surface area contributed by atoms with Gasteiger partial charge in [0.25, 0.3) is 0 Å². The van der Waals surface area contributed by atoms with Crippen LogP contribution in [0.5, 0.6) is 0 Å². The van der Waals surface area contributed by atoms with Crippen LogP contribution in [0.3, 0.4) is 0 Å². The van der Waals surface area contributed by atoms with Crippen LogP contribution in [-0.4, -0.2) is 43.2 Å². The van der Waals surface area contributed by atoms with Crippen LogP contribution in [0.1, 0.15) is 18.5 Å². The first-order valence-electron chi connectivity index (χ1n) is 6.48. The minimum absolute atomic E-state index is 0.500. The molecule has 7 nitrogen and oxygen atoms in total. The average Bonchev–Trinajstić information content (AvgIpc) is 3.09. The molecule has 0 amide bonds. The van der Waals surface area contributed by atoms with Gasteiger partial charge in [0.05, 0.1) is 0 Å². The maximum Gasteiger partial charge on any atom is 0.326 e. The number of carbonyl (C=O) groups is 1. The number of rotatable bonds is 3. The van der Waals surface area contributed by atoms with Crippen LogP contribution < -0.4 is 4.90 Å². The Kier molecular flexibility index (Phi) is 3.09. The second-order valence-corrected chi connectivity index (χ2v) is 4.83. The van der Waals surface area contributed by atoms with Crippen LogP contribution >= 0.6 is 0 Å². The first-order valence-corrected chi connectivity index (χ1v) is 6.48. The van der Waals surface area contributed by atoms with Crippen molar-refractivity contribution in [2.75, 3.05) is 11.4 Å². The first-order chi connectivity index (χ1) is 9.65. The Morgan fingerprint density at radius 1 is 1.45 bits per heavy atom. The minimum Gasteiger partial charge on any atom is -0.480 e. The molecule has 0 saturated carbocycles. The fourth-order valence-corrected chi connectivity index (χ4v) is 2.47. The van der Waals surface area contributed by atoms with Crippen molar-refractivity contribution in [3.63, 3.8) is 0 Å². The van der Waals surface area contributed by atoms with E-state index < -0.39 is 12.0 Å². The van der Waals surface area contributed by atoms with Gasteiger partial charge in [0.15, 0.2) is 0 Å². The van der Waals surface area contributed by atoms with Crippen molar-refractivity contribution >= 4 is 11.8 Å². The van der Waals surface area contributed by atoms with E-state index in [1.807, 2.05) is 17.9 Å². The van der Waals surface area contributed by atoms with Gasteiger partial charge in [-0.2, -0.15) is 4.98 Å². The van der Waals surface area contributed by atoms with E-state index in [1.54, 1.807) is 23.3 Å². The number of aromatic nitrogens is 4. The second-order valence-electron chi connectivity index (χ2n) is 4.83. The number of anilines is 1. The average molecular weight is 273 g/mol. The van der Waals surface area contributed by atoms with E-state index in [4.69, 9.17) is 0 Å². The van der Waals surface area contributed by atoms with E-state index in [0.717, 1.165) is 12.1 Å². The molecule has 0 spiro atoms. The van der Waals surface area contributed by atoms with Gasteiger partial charge in [-0.3, -0.25) is 4.57 Å². The summed E-state index contributed by atoms with van der Waals surface area (Å²) in [6.45, 7) is 2.58. The standard InChI is InChI=1S/C13H15N5O2/c1-9-7-11(18-5-2-3-10(18)12(19)20)16-13(15-9)17-6-4-14-8-17/h4,6-8,10H,2-3,5H2,1H3,(H,19,20)/t10-/m1/s1. The molecule has 1 aliphatic heterocycles. The third-order valence-corrected chi connectivity index (χ3v) is 3.40. The number of carboxylic acids is 1. The molecular formula is C13H15N5O2. The number of hydrogen-bond acceptors (Lipinski definition) is 5. The van der Waals surface area contributed by atoms with E-state index in [1.165, 1.54) is 0 Å². The predicted molar refractivity (Wildman–Crippen MR) is 71.9 cm³/mol. The Morgan fingerprint density at radius 3 is 3.00 bits per heavy atom. The van der Waals surface area contributed by atoms with Crippen LogP contribution in [0.15, 0.2) is 24.8 Å². The molecule has 0 aliphatic carbocycles. The molecule has 1 aliphatic rings. The van der Waals surface area contributed by atoms with Crippen molar-refractivity contribution in [2.45, 2.75) is 25.8 Å². The van der Waals surface area contributed by atoms with E-state index in [-0.39, 0.29) is 0 Å². The van der Waals surface area contributed by atoms with E-state index in [2.05, 4.69) is 15.0 Å². The molecule has 2 aromatic rings. The molecular weight excluding hydrogens is 258 g/mol. The molecule has 0 unspecified atom stereocenters. The fourth-order valence-electron chi connectivity index (χ4n) is 2.47. The van der Waals surface area contributed by atoms with E-state index in [0.29, 0.717) is 24.7 Å². The number of hydrogen-bond donors (Lipinski definition) is 1. The van der Waals surface area contributed by atoms with Crippen LogP contribution in [0.4, 0.5) is 5.82 Å². The van der Waals surface area contributed by atoms with Gasteiger partial charge in [0.2, 0.25) is 5.95 Å². The van der Waals surface area contributed by atoms with Crippen LogP contribution in [0.25, 0.3) is 5.95 Å². The summed E-state index contributed by atoms with van der Waals surface area (Å²) in [5.74, 6) is 0.364. The summed E-state index contributed by atoms with van der Waals surface area (Å²) in [6, 6.07) is 1.32. The summed E-state index contributed by atoms with van der Waals surface area (Å²) in [7, 11) is 0. The van der Waals surface area contributed by atoms with Gasteiger partial charge < -0.3 is 10.0 Å². The van der Waals surface area contributed by atoms with E-state index in [9.17, 15) is 9.90 Å². The van der Waals surface area contributed by atoms with Crippen molar-refractivity contribution in [1.82, 2.24) is 19.5 Å². The van der Waals surface area contributed by atoms with Crippen molar-refractivity contribution in [3.05, 3.63) is 30.5 Å². The van der Waals surface area contributed by atoms with Crippen molar-refractivity contribution < 1.29 is 9.90 Å². The zero-order chi connectivity index (χ0) is 14.1. The molecule has 1 saturated heterocycles. The van der Waals surface area contributed by atoms with E-state index >= 15 is 0 Å². The zero-order valence-corrected chi connectivity index (χ0v) is 11.1. The molecule has 7 heteroatoms. The van der Waals surface area contributed by atoms with Gasteiger partial charge in [-0.15, -0.1) is 0 Å². The quantitative estimate of drug-likeness (QED) is 0.899.